The zero-order valence-corrected chi connectivity index (χ0v) is 14.0. The molecule has 0 fully saturated rings. The summed E-state index contributed by atoms with van der Waals surface area (Å²) in [7, 11) is 3.03. The molecule has 26 heavy (non-hydrogen) atoms. The first-order valence-corrected chi connectivity index (χ1v) is 7.40. The van der Waals surface area contributed by atoms with Crippen LogP contribution in [0.2, 0.25) is 0 Å². The van der Waals surface area contributed by atoms with Crippen molar-refractivity contribution in [2.24, 2.45) is 5.10 Å². The monoisotopic (exact) mass is 354 g/mol. The number of terminal acetylenes is 1. The Balaban J connectivity index is 0.00000338. The number of nitrogens with zero attached hydrogens (tertiary/aromatic N) is 1. The highest BCUT2D eigenvalue weighted by Gasteiger charge is 2.10. The van der Waals surface area contributed by atoms with Crippen LogP contribution in [0.15, 0.2) is 47.6 Å². The minimum atomic E-state index is -0.376. The molecule has 0 aliphatic carbocycles. The first kappa shape index (κ1) is 20.6. The van der Waals surface area contributed by atoms with E-state index in [-0.39, 0.29) is 19.9 Å². The number of carbonyl (C=O) groups excluding carboxylic acids is 1. The van der Waals surface area contributed by atoms with Crippen LogP contribution in [0.5, 0.6) is 17.2 Å². The van der Waals surface area contributed by atoms with Crippen LogP contribution in [-0.4, -0.2) is 32.9 Å². The molecule has 0 bridgehead atoms. The van der Waals surface area contributed by atoms with Crippen molar-refractivity contribution < 1.29 is 19.0 Å². The third-order valence-corrected chi connectivity index (χ3v) is 3.25. The highest BCUT2D eigenvalue weighted by molar-refractivity contribution is 5.95. The van der Waals surface area contributed by atoms with E-state index in [0.717, 1.165) is 0 Å². The van der Waals surface area contributed by atoms with E-state index in [2.05, 4.69) is 16.4 Å². The number of hydrazone groups is 1. The number of hydrogen-bond donors (Lipinski definition) is 1. The summed E-state index contributed by atoms with van der Waals surface area (Å²) in [6.07, 6.45) is 6.68. The van der Waals surface area contributed by atoms with Gasteiger partial charge in [-0.3, -0.25) is 4.79 Å². The molecule has 2 aromatic carbocycles. The van der Waals surface area contributed by atoms with Gasteiger partial charge in [0.15, 0.2) is 11.5 Å². The van der Waals surface area contributed by atoms with E-state index in [1.165, 1.54) is 20.4 Å². The van der Waals surface area contributed by atoms with E-state index < -0.39 is 0 Å². The number of methoxy groups -OCH3 is 2. The maximum Gasteiger partial charge on any atom is 0.271 e. The van der Waals surface area contributed by atoms with Gasteiger partial charge in [0.2, 0.25) is 0 Å². The fraction of sp³-hybridized carbons (Fsp3) is 0.200. The minimum Gasteiger partial charge on any atom is -0.493 e. The van der Waals surface area contributed by atoms with E-state index in [1.54, 1.807) is 30.3 Å². The normalized spacial score (nSPS) is 9.73. The first-order valence-electron chi connectivity index (χ1n) is 7.40. The second-order valence-electron chi connectivity index (χ2n) is 4.80. The predicted molar refractivity (Wildman–Crippen MR) is 102 cm³/mol. The molecule has 1 N–H and O–H groups in total. The van der Waals surface area contributed by atoms with Gasteiger partial charge in [0.25, 0.3) is 5.91 Å². The summed E-state index contributed by atoms with van der Waals surface area (Å²) in [5.41, 5.74) is 3.55. The average molecular weight is 354 g/mol. The second-order valence-corrected chi connectivity index (χ2v) is 4.80. The number of para-hydroxylation sites is 1. The van der Waals surface area contributed by atoms with Crippen LogP contribution in [0.3, 0.4) is 0 Å². The molecule has 1 amide bonds. The van der Waals surface area contributed by atoms with Crippen LogP contribution in [0.25, 0.3) is 0 Å². The van der Waals surface area contributed by atoms with Crippen molar-refractivity contribution in [3.05, 3.63) is 53.6 Å². The van der Waals surface area contributed by atoms with Crippen molar-refractivity contribution in [3.8, 4) is 29.6 Å². The smallest absolute Gasteiger partial charge is 0.271 e. The zero-order chi connectivity index (χ0) is 18.1. The Kier molecular flexibility index (Phi) is 8.24. The standard InChI is InChI=1S/C19H18N2O4.CH4/c1-4-11-25-16-8-6-5-7-15(16)13-20-21-19(22)14-9-10-17(23-2)18(12-14)24-3;/h1,5-10,12-13H,11H2,2-3H3,(H,21,22);1H4/b20-13-;. The molecule has 0 heterocycles. The van der Waals surface area contributed by atoms with Gasteiger partial charge in [0, 0.05) is 11.1 Å². The van der Waals surface area contributed by atoms with Crippen LogP contribution >= 0.6 is 0 Å². The van der Waals surface area contributed by atoms with E-state index >= 15 is 0 Å². The second kappa shape index (κ2) is 10.4. The average Bonchev–Trinajstić information content (AvgIpc) is 2.66. The number of benzene rings is 2. The van der Waals surface area contributed by atoms with Gasteiger partial charge >= 0.3 is 0 Å². The molecule has 0 spiro atoms. The van der Waals surface area contributed by atoms with Gasteiger partial charge in [-0.05, 0) is 30.3 Å². The zero-order valence-electron chi connectivity index (χ0n) is 14.0. The summed E-state index contributed by atoms with van der Waals surface area (Å²) in [5.74, 6) is 3.62. The fourth-order valence-corrected chi connectivity index (χ4v) is 2.04. The van der Waals surface area contributed by atoms with Gasteiger partial charge in [-0.15, -0.1) is 6.42 Å². The van der Waals surface area contributed by atoms with Gasteiger partial charge < -0.3 is 14.2 Å². The van der Waals surface area contributed by atoms with Crippen LogP contribution in [0.1, 0.15) is 23.3 Å². The Bertz CT molecular complexity index is 810. The van der Waals surface area contributed by atoms with Gasteiger partial charge in [-0.2, -0.15) is 5.10 Å². The van der Waals surface area contributed by atoms with Crippen LogP contribution < -0.4 is 19.6 Å². The molecule has 136 valence electrons. The van der Waals surface area contributed by atoms with Crippen molar-refractivity contribution in [2.75, 3.05) is 20.8 Å². The lowest BCUT2D eigenvalue weighted by Gasteiger charge is -2.08. The summed E-state index contributed by atoms with van der Waals surface area (Å²) in [6, 6.07) is 12.1. The molecule has 0 radical (unpaired) electrons. The van der Waals surface area contributed by atoms with Crippen molar-refractivity contribution >= 4 is 12.1 Å². The van der Waals surface area contributed by atoms with Gasteiger partial charge in [0.1, 0.15) is 12.4 Å². The van der Waals surface area contributed by atoms with Crippen molar-refractivity contribution in [3.63, 3.8) is 0 Å². The van der Waals surface area contributed by atoms with Crippen molar-refractivity contribution in [1.29, 1.82) is 0 Å². The van der Waals surface area contributed by atoms with Gasteiger partial charge in [0.05, 0.1) is 20.4 Å². The molecular weight excluding hydrogens is 332 g/mol. The Morgan fingerprint density at radius 3 is 2.58 bits per heavy atom. The summed E-state index contributed by atoms with van der Waals surface area (Å²) >= 11 is 0. The molecule has 2 rings (SSSR count). The van der Waals surface area contributed by atoms with E-state index in [0.29, 0.717) is 28.4 Å². The highest BCUT2D eigenvalue weighted by atomic mass is 16.5. The number of nitrogens with one attached hydrogen (secondary N) is 1. The van der Waals surface area contributed by atoms with Crippen LogP contribution in [-0.2, 0) is 0 Å². The molecule has 6 nitrogen and oxygen atoms in total. The third kappa shape index (κ3) is 5.28. The molecule has 0 saturated heterocycles. The first-order chi connectivity index (χ1) is 12.2. The summed E-state index contributed by atoms with van der Waals surface area (Å²) in [6.45, 7) is 0.156. The lowest BCUT2D eigenvalue weighted by Crippen LogP contribution is -2.17. The SMILES string of the molecule is C.C#CCOc1ccccc1/C=N\NC(=O)c1ccc(OC)c(OC)c1. The Labute approximate surface area is 153 Å². The number of hydrogen-bond acceptors (Lipinski definition) is 5. The molecule has 0 atom stereocenters. The molecule has 0 aromatic heterocycles. The molecule has 2 aromatic rings. The number of carbonyl (C=O) groups is 1. The summed E-state index contributed by atoms with van der Waals surface area (Å²) < 4.78 is 15.7. The largest absolute Gasteiger partial charge is 0.493 e. The van der Waals surface area contributed by atoms with Crippen molar-refractivity contribution in [1.82, 2.24) is 5.43 Å². The Hall–Kier alpha value is -3.46. The fourth-order valence-electron chi connectivity index (χ4n) is 2.04. The van der Waals surface area contributed by atoms with Gasteiger partial charge in [-0.1, -0.05) is 25.5 Å². The lowest BCUT2D eigenvalue weighted by atomic mass is 10.2. The van der Waals surface area contributed by atoms with E-state index in [1.807, 2.05) is 12.1 Å². The molecule has 0 saturated carbocycles. The molecule has 6 heteroatoms. The Morgan fingerprint density at radius 1 is 1.15 bits per heavy atom. The maximum absolute atomic E-state index is 12.2. The van der Waals surface area contributed by atoms with Crippen LogP contribution in [0.4, 0.5) is 0 Å². The number of ether oxygens (including phenoxy) is 3. The maximum atomic E-state index is 12.2. The van der Waals surface area contributed by atoms with Gasteiger partial charge in [-0.25, -0.2) is 5.43 Å². The molecule has 0 aliphatic rings. The number of rotatable bonds is 7. The van der Waals surface area contributed by atoms with Crippen LogP contribution in [0, 0.1) is 12.3 Å². The van der Waals surface area contributed by atoms with E-state index in [4.69, 9.17) is 20.6 Å². The van der Waals surface area contributed by atoms with Crippen molar-refractivity contribution in [2.45, 2.75) is 7.43 Å². The highest BCUT2D eigenvalue weighted by Crippen LogP contribution is 2.27. The lowest BCUT2D eigenvalue weighted by molar-refractivity contribution is 0.0954. The summed E-state index contributed by atoms with van der Waals surface area (Å²) in [4.78, 5) is 12.2. The molecular formula is C20H22N2O4. The number of amides is 1. The molecule has 0 aliphatic heterocycles. The quantitative estimate of drug-likeness (QED) is 0.471. The Morgan fingerprint density at radius 2 is 1.88 bits per heavy atom. The minimum absolute atomic E-state index is 0. The molecule has 0 unspecified atom stereocenters. The predicted octanol–water partition coefficient (Wildman–Crippen LogP) is 3.12. The third-order valence-electron chi connectivity index (χ3n) is 3.25. The summed E-state index contributed by atoms with van der Waals surface area (Å²) in [5, 5.41) is 3.96. The topological polar surface area (TPSA) is 69.2 Å². The van der Waals surface area contributed by atoms with E-state index in [9.17, 15) is 4.79 Å².